The van der Waals surface area contributed by atoms with Crippen molar-refractivity contribution in [2.45, 2.75) is 97.7 Å². The molecule has 0 radical (unpaired) electrons. The summed E-state index contributed by atoms with van der Waals surface area (Å²) in [5, 5.41) is 8.33. The maximum absolute atomic E-state index is 15.0. The van der Waals surface area contributed by atoms with Crippen molar-refractivity contribution >= 4 is 83.4 Å². The van der Waals surface area contributed by atoms with Gasteiger partial charge in [-0.3, -0.25) is 29.0 Å². The zero-order chi connectivity index (χ0) is 35.0. The molecule has 4 aliphatic heterocycles. The van der Waals surface area contributed by atoms with E-state index in [0.29, 0.717) is 47.9 Å². The number of fused-ring (bicyclic) bond motifs is 7. The first-order chi connectivity index (χ1) is 24.9. The van der Waals surface area contributed by atoms with E-state index in [9.17, 15) is 14.4 Å². The molecule has 0 fully saturated rings. The molecule has 8 nitrogen and oxygen atoms in total. The van der Waals surface area contributed by atoms with Crippen LogP contribution in [0.3, 0.4) is 0 Å². The third-order valence-corrected chi connectivity index (χ3v) is 12.9. The van der Waals surface area contributed by atoms with Crippen molar-refractivity contribution in [1.82, 2.24) is 14.4 Å². The monoisotopic (exact) mass is 678 g/mol. The Morgan fingerprint density at radius 2 is 1.06 bits per heavy atom. The van der Waals surface area contributed by atoms with Crippen LogP contribution >= 0.6 is 0 Å². The maximum atomic E-state index is 15.0. The van der Waals surface area contributed by atoms with Gasteiger partial charge in [-0.05, 0) is 96.5 Å². The second kappa shape index (κ2) is 10.8. The summed E-state index contributed by atoms with van der Waals surface area (Å²) in [5.74, 6) is 0.346. The first kappa shape index (κ1) is 30.8. The van der Waals surface area contributed by atoms with Gasteiger partial charge in [0.2, 0.25) is 0 Å². The molecular formula is C43H42N4O4. The minimum absolute atomic E-state index is 0.167. The molecule has 0 unspecified atom stereocenters. The first-order valence-electron chi connectivity index (χ1n) is 19.1. The van der Waals surface area contributed by atoms with Crippen LogP contribution in [0.5, 0.6) is 0 Å². The van der Waals surface area contributed by atoms with Gasteiger partial charge in [0.25, 0.3) is 23.6 Å². The van der Waals surface area contributed by atoms with Crippen molar-refractivity contribution in [2.75, 3.05) is 18.0 Å². The minimum atomic E-state index is -0.231. The van der Waals surface area contributed by atoms with Crippen LogP contribution in [-0.4, -0.2) is 63.2 Å². The standard InChI is InChI=1S/C43H42N4O4/c1-5-22(6-2)46-40(48)28-16-13-24-25-14-17-30-35-33(25)34(26-15-18-29(41(46)49)32(28)31(24)26)36-27-12-9-10-19-44-20-11-21-45(39(27)44)38(36)37(35)43(51)47(42(30)50)23(7-3)8-4/h13-18,22-23H,5-12,19-21H2,1-4H3. The van der Waals surface area contributed by atoms with Crippen molar-refractivity contribution in [1.29, 1.82) is 0 Å². The number of aromatic nitrogens is 1. The normalized spacial score (nSPS) is 17.6. The van der Waals surface area contributed by atoms with E-state index in [4.69, 9.17) is 0 Å². The number of hydrogen-bond acceptors (Lipinski definition) is 5. The summed E-state index contributed by atoms with van der Waals surface area (Å²) >= 11 is 0. The molecule has 1 aromatic heterocycles. The zero-order valence-electron chi connectivity index (χ0n) is 29.8. The second-order valence-electron chi connectivity index (χ2n) is 15.1. The summed E-state index contributed by atoms with van der Waals surface area (Å²) in [4.78, 5) is 63.5. The number of hydrogen-bond donors (Lipinski definition) is 0. The number of carbonyl (C=O) groups is 4. The molecule has 0 saturated heterocycles. The molecule has 4 amide bonds. The zero-order valence-corrected chi connectivity index (χ0v) is 29.8. The first-order valence-corrected chi connectivity index (χ1v) is 19.1. The highest BCUT2D eigenvalue weighted by Crippen LogP contribution is 2.53. The van der Waals surface area contributed by atoms with Crippen molar-refractivity contribution in [3.05, 3.63) is 64.2 Å². The molecule has 0 saturated carbocycles. The fourth-order valence-electron chi connectivity index (χ4n) is 10.5. The van der Waals surface area contributed by atoms with E-state index in [1.54, 1.807) is 4.90 Å². The van der Waals surface area contributed by atoms with Crippen LogP contribution in [0.25, 0.3) is 54.0 Å². The Morgan fingerprint density at radius 3 is 1.69 bits per heavy atom. The average Bonchev–Trinajstić information content (AvgIpc) is 3.31. The number of carbonyl (C=O) groups excluding carboxylic acids is 4. The summed E-state index contributed by atoms with van der Waals surface area (Å²) in [6.45, 7) is 10.9. The summed E-state index contributed by atoms with van der Waals surface area (Å²) in [6.07, 6.45) is 6.85. The molecule has 6 aromatic rings. The fourth-order valence-corrected chi connectivity index (χ4v) is 10.5. The molecule has 4 aliphatic rings. The SMILES string of the molecule is CCC(CC)N1C(=O)c2ccc3c4ccc5c6c(c7c(c8c9n7CCCN9CCCC8)c(c7ccc(c2c37)C1=O)c64)C(=O)N(C(CC)CC)C5=O. The topological polar surface area (TPSA) is 82.9 Å². The number of nitrogens with zero attached hydrogens (tertiary/aromatic N) is 4. The van der Waals surface area contributed by atoms with Crippen LogP contribution in [0, 0.1) is 0 Å². The third-order valence-electron chi connectivity index (χ3n) is 12.9. The molecule has 0 bridgehead atoms. The molecule has 0 atom stereocenters. The van der Waals surface area contributed by atoms with Gasteiger partial charge in [0, 0.05) is 75.5 Å². The van der Waals surface area contributed by atoms with E-state index in [2.05, 4.69) is 29.4 Å². The summed E-state index contributed by atoms with van der Waals surface area (Å²) in [7, 11) is 0. The van der Waals surface area contributed by atoms with Gasteiger partial charge in [0.05, 0.1) is 11.1 Å². The highest BCUT2D eigenvalue weighted by atomic mass is 16.2. The number of aryl methyl sites for hydroxylation is 2. The lowest BCUT2D eigenvalue weighted by Gasteiger charge is -2.35. The van der Waals surface area contributed by atoms with Gasteiger partial charge in [-0.15, -0.1) is 0 Å². The lowest BCUT2D eigenvalue weighted by Crippen LogP contribution is -2.47. The smallest absolute Gasteiger partial charge is 0.263 e. The van der Waals surface area contributed by atoms with Crippen LogP contribution in [0.4, 0.5) is 5.82 Å². The molecule has 0 aliphatic carbocycles. The van der Waals surface area contributed by atoms with Crippen LogP contribution in [0.1, 0.15) is 120 Å². The predicted octanol–water partition coefficient (Wildman–Crippen LogP) is 8.81. The highest BCUT2D eigenvalue weighted by molar-refractivity contribution is 6.46. The van der Waals surface area contributed by atoms with Crippen molar-refractivity contribution < 1.29 is 19.2 Å². The average molecular weight is 679 g/mol. The molecule has 8 heteroatoms. The summed E-state index contributed by atoms with van der Waals surface area (Å²) < 4.78 is 2.40. The Bertz CT molecular complexity index is 2550. The quantitative estimate of drug-likeness (QED) is 0.0999. The lowest BCUT2D eigenvalue weighted by atomic mass is 9.80. The molecule has 0 spiro atoms. The molecule has 5 aromatic carbocycles. The van der Waals surface area contributed by atoms with Crippen molar-refractivity contribution in [3.63, 3.8) is 0 Å². The van der Waals surface area contributed by atoms with E-state index < -0.39 is 0 Å². The van der Waals surface area contributed by atoms with Crippen LogP contribution in [0.15, 0.2) is 36.4 Å². The molecule has 51 heavy (non-hydrogen) atoms. The van der Waals surface area contributed by atoms with E-state index in [1.165, 1.54) is 16.3 Å². The van der Waals surface area contributed by atoms with Gasteiger partial charge in [0.15, 0.2) is 0 Å². The Morgan fingerprint density at radius 1 is 0.529 bits per heavy atom. The second-order valence-corrected chi connectivity index (χ2v) is 15.1. The summed E-state index contributed by atoms with van der Waals surface area (Å²) in [6, 6.07) is 11.5. The number of anilines is 1. The fraction of sp³-hybridized carbons (Fsp3) is 0.395. The molecular weight excluding hydrogens is 636 g/mol. The third kappa shape index (κ3) is 3.65. The predicted molar refractivity (Wildman–Crippen MR) is 203 cm³/mol. The number of amides is 4. The van der Waals surface area contributed by atoms with Gasteiger partial charge < -0.3 is 9.47 Å². The van der Waals surface area contributed by atoms with E-state index in [0.717, 1.165) is 99.3 Å². The van der Waals surface area contributed by atoms with E-state index in [-0.39, 0.29) is 35.7 Å². The Balaban J connectivity index is 1.43. The van der Waals surface area contributed by atoms with Crippen LogP contribution in [0.2, 0.25) is 0 Å². The molecule has 10 rings (SSSR count). The van der Waals surface area contributed by atoms with Gasteiger partial charge in [0.1, 0.15) is 5.82 Å². The molecule has 5 heterocycles. The number of imide groups is 2. The Hall–Kier alpha value is -4.98. The van der Waals surface area contributed by atoms with Crippen LogP contribution < -0.4 is 4.90 Å². The maximum Gasteiger partial charge on any atom is 0.263 e. The lowest BCUT2D eigenvalue weighted by molar-refractivity contribution is 0.0515. The summed E-state index contributed by atoms with van der Waals surface area (Å²) in [5.41, 5.74) is 4.58. The molecule has 258 valence electrons. The van der Waals surface area contributed by atoms with Gasteiger partial charge in [-0.1, -0.05) is 45.9 Å². The number of benzene rings is 5. The van der Waals surface area contributed by atoms with Gasteiger partial charge in [-0.2, -0.15) is 0 Å². The van der Waals surface area contributed by atoms with Crippen molar-refractivity contribution in [2.24, 2.45) is 0 Å². The highest BCUT2D eigenvalue weighted by Gasteiger charge is 2.43. The van der Waals surface area contributed by atoms with E-state index >= 15 is 4.79 Å². The molecule has 0 N–H and O–H groups in total. The number of rotatable bonds is 6. The van der Waals surface area contributed by atoms with Gasteiger partial charge in [-0.25, -0.2) is 0 Å². The largest absolute Gasteiger partial charge is 0.358 e. The van der Waals surface area contributed by atoms with Gasteiger partial charge >= 0.3 is 0 Å². The Labute approximate surface area is 296 Å². The Kier molecular flexibility index (Phi) is 6.50. The van der Waals surface area contributed by atoms with Crippen molar-refractivity contribution in [3.8, 4) is 0 Å². The minimum Gasteiger partial charge on any atom is -0.358 e. The van der Waals surface area contributed by atoms with E-state index in [1.807, 2.05) is 44.2 Å². The van der Waals surface area contributed by atoms with Crippen LogP contribution in [-0.2, 0) is 13.0 Å².